The van der Waals surface area contributed by atoms with Gasteiger partial charge in [0.2, 0.25) is 0 Å². The van der Waals surface area contributed by atoms with Gasteiger partial charge >= 0.3 is 11.9 Å². The summed E-state index contributed by atoms with van der Waals surface area (Å²) < 4.78 is 0. The van der Waals surface area contributed by atoms with Crippen LogP contribution in [0.25, 0.3) is 18.2 Å². The number of carboxylic acid groups (broad SMARTS) is 2. The number of hydrogen-bond acceptors (Lipinski definition) is 4. The van der Waals surface area contributed by atoms with Gasteiger partial charge in [-0.2, -0.15) is 0 Å². The molecule has 2 aromatic heterocycles. The molecule has 2 aliphatic heterocycles. The molecule has 232 valence electrons. The van der Waals surface area contributed by atoms with Crippen molar-refractivity contribution in [3.8, 4) is 0 Å². The molecule has 0 aromatic carbocycles. The quantitative estimate of drug-likeness (QED) is 0.182. The van der Waals surface area contributed by atoms with Crippen LogP contribution in [-0.2, 0) is 38.4 Å². The molecule has 2 amide bonds. The number of rotatable bonds is 13. The first-order valence-electron chi connectivity index (χ1n) is 14.9. The molecule has 0 radical (unpaired) electrons. The van der Waals surface area contributed by atoms with Gasteiger partial charge in [0.15, 0.2) is 0 Å². The molecule has 0 atom stereocenters. The minimum absolute atomic E-state index is 0.0563. The number of carbonyl (C=O) groups excluding carboxylic acids is 2. The standard InChI is InChI=1S/C34H40N4O6/c1-7-20-18(5)33(43)37-26(20)15-28-22(9-3)24(11-13-32(41)42)30(36-28)14-25-17(4)23(10-12-31(39)40)29(35-25)16-27-21(8-2)19(6)34(44)38-27/h9,15-16,35-36H,3,7-8,10-14H2,1-2,4-6H3,(H,37,43)(H,38,44)(H,39,40)(H,41,42)/b26-15-,27-16-. The molecule has 44 heavy (non-hydrogen) atoms. The monoisotopic (exact) mass is 600 g/mol. The van der Waals surface area contributed by atoms with Crippen molar-refractivity contribution in [1.82, 2.24) is 20.6 Å². The summed E-state index contributed by atoms with van der Waals surface area (Å²) >= 11 is 0. The third kappa shape index (κ3) is 6.39. The van der Waals surface area contributed by atoms with Crippen LogP contribution in [0.2, 0.25) is 0 Å². The molecule has 6 N–H and O–H groups in total. The number of H-pyrrole nitrogens is 2. The van der Waals surface area contributed by atoms with E-state index in [-0.39, 0.29) is 31.1 Å². The number of nitrogens with one attached hydrogen (secondary N) is 4. The molecular weight excluding hydrogens is 560 g/mol. The molecule has 0 saturated heterocycles. The van der Waals surface area contributed by atoms with Crippen LogP contribution in [0.15, 0.2) is 40.3 Å². The fourth-order valence-electron chi connectivity index (χ4n) is 6.10. The van der Waals surface area contributed by atoms with Crippen LogP contribution >= 0.6 is 0 Å². The van der Waals surface area contributed by atoms with Gasteiger partial charge in [-0.1, -0.05) is 26.5 Å². The summed E-state index contributed by atoms with van der Waals surface area (Å²) in [5.74, 6) is -2.12. The average molecular weight is 601 g/mol. The lowest BCUT2D eigenvalue weighted by Gasteiger charge is -2.06. The maximum absolute atomic E-state index is 12.4. The average Bonchev–Trinajstić information content (AvgIpc) is 3.63. The Hall–Kier alpha value is -4.86. The third-order valence-electron chi connectivity index (χ3n) is 8.53. The van der Waals surface area contributed by atoms with Crippen molar-refractivity contribution in [2.75, 3.05) is 0 Å². The number of carboxylic acids is 2. The van der Waals surface area contributed by atoms with Gasteiger partial charge in [-0.15, -0.1) is 0 Å². The van der Waals surface area contributed by atoms with Gasteiger partial charge in [-0.3, -0.25) is 19.2 Å². The number of hydrogen-bond donors (Lipinski definition) is 6. The SMILES string of the molecule is C=Cc1c(/C=C2\NC(=O)C(C)=C2CC)[nH]c(Cc2[nH]c(/C=C3\NC(=O)C(C)=C3CC)c(CCC(=O)O)c2C)c1CCC(=O)O. The second-order valence-corrected chi connectivity index (χ2v) is 11.1. The molecule has 4 rings (SSSR count). The Morgan fingerprint density at radius 1 is 0.750 bits per heavy atom. The van der Waals surface area contributed by atoms with Crippen LogP contribution in [0.1, 0.15) is 98.4 Å². The number of aromatic amines is 2. The second kappa shape index (κ2) is 13.2. The van der Waals surface area contributed by atoms with E-state index in [4.69, 9.17) is 0 Å². The minimum Gasteiger partial charge on any atom is -0.481 e. The van der Waals surface area contributed by atoms with Crippen LogP contribution in [0.3, 0.4) is 0 Å². The zero-order valence-corrected chi connectivity index (χ0v) is 25.9. The van der Waals surface area contributed by atoms with E-state index in [1.807, 2.05) is 32.9 Å². The molecule has 2 aromatic rings. The van der Waals surface area contributed by atoms with Gasteiger partial charge in [0, 0.05) is 70.1 Å². The number of amides is 2. The number of carbonyl (C=O) groups is 4. The topological polar surface area (TPSA) is 164 Å². The smallest absolute Gasteiger partial charge is 0.303 e. The van der Waals surface area contributed by atoms with Gasteiger partial charge in [-0.25, -0.2) is 0 Å². The fourth-order valence-corrected chi connectivity index (χ4v) is 6.10. The molecule has 0 saturated carbocycles. The van der Waals surface area contributed by atoms with Crippen molar-refractivity contribution in [2.45, 2.75) is 79.6 Å². The Bertz CT molecular complexity index is 1690. The molecule has 0 aliphatic carbocycles. The molecule has 10 heteroatoms. The second-order valence-electron chi connectivity index (χ2n) is 11.1. The maximum atomic E-state index is 12.4. The van der Waals surface area contributed by atoms with Gasteiger partial charge in [0.05, 0.1) is 0 Å². The summed E-state index contributed by atoms with van der Waals surface area (Å²) in [7, 11) is 0. The highest BCUT2D eigenvalue weighted by atomic mass is 16.4. The van der Waals surface area contributed by atoms with Crippen LogP contribution < -0.4 is 10.6 Å². The van der Waals surface area contributed by atoms with E-state index in [0.717, 1.165) is 50.5 Å². The molecule has 0 bridgehead atoms. The molecule has 4 heterocycles. The lowest BCUT2D eigenvalue weighted by molar-refractivity contribution is -0.138. The first-order valence-corrected chi connectivity index (χ1v) is 14.9. The third-order valence-corrected chi connectivity index (χ3v) is 8.53. The highest BCUT2D eigenvalue weighted by Gasteiger charge is 2.26. The molecule has 10 nitrogen and oxygen atoms in total. The summed E-state index contributed by atoms with van der Waals surface area (Å²) in [5.41, 5.74) is 11.0. The molecule has 0 unspecified atom stereocenters. The first kappa shape index (κ1) is 32.1. The van der Waals surface area contributed by atoms with E-state index in [1.165, 1.54) is 0 Å². The van der Waals surface area contributed by atoms with Crippen LogP contribution in [-0.4, -0.2) is 43.9 Å². The van der Waals surface area contributed by atoms with E-state index in [1.54, 1.807) is 19.9 Å². The van der Waals surface area contributed by atoms with Gasteiger partial charge < -0.3 is 30.8 Å². The van der Waals surface area contributed by atoms with Crippen LogP contribution in [0.4, 0.5) is 0 Å². The van der Waals surface area contributed by atoms with E-state index in [0.29, 0.717) is 53.9 Å². The van der Waals surface area contributed by atoms with Crippen molar-refractivity contribution < 1.29 is 29.4 Å². The van der Waals surface area contributed by atoms with E-state index < -0.39 is 11.9 Å². The van der Waals surface area contributed by atoms with Crippen molar-refractivity contribution in [3.05, 3.63) is 85.3 Å². The molecule has 0 spiro atoms. The normalized spacial score (nSPS) is 16.8. The van der Waals surface area contributed by atoms with E-state index >= 15 is 0 Å². The Morgan fingerprint density at radius 3 is 1.70 bits per heavy atom. The molecular formula is C34H40N4O6. The first-order chi connectivity index (χ1) is 20.9. The van der Waals surface area contributed by atoms with Gasteiger partial charge in [0.25, 0.3) is 11.8 Å². The Balaban J connectivity index is 1.82. The largest absolute Gasteiger partial charge is 0.481 e. The zero-order valence-electron chi connectivity index (χ0n) is 25.9. The van der Waals surface area contributed by atoms with Crippen molar-refractivity contribution >= 4 is 42.0 Å². The van der Waals surface area contributed by atoms with Crippen LogP contribution in [0, 0.1) is 6.92 Å². The van der Waals surface area contributed by atoms with E-state index in [2.05, 4.69) is 27.2 Å². The van der Waals surface area contributed by atoms with Crippen LogP contribution in [0.5, 0.6) is 0 Å². The van der Waals surface area contributed by atoms with Crippen molar-refractivity contribution in [3.63, 3.8) is 0 Å². The van der Waals surface area contributed by atoms with Crippen molar-refractivity contribution in [2.24, 2.45) is 0 Å². The Labute approximate surface area is 256 Å². The fraction of sp³-hybridized carbons (Fsp3) is 0.353. The maximum Gasteiger partial charge on any atom is 0.303 e. The number of allylic oxidation sites excluding steroid dienone is 2. The predicted octanol–water partition coefficient (Wildman–Crippen LogP) is 5.31. The van der Waals surface area contributed by atoms with Gasteiger partial charge in [0.1, 0.15) is 0 Å². The summed E-state index contributed by atoms with van der Waals surface area (Å²) in [6.45, 7) is 13.5. The summed E-state index contributed by atoms with van der Waals surface area (Å²) in [4.78, 5) is 54.8. The molecule has 2 aliphatic rings. The summed E-state index contributed by atoms with van der Waals surface area (Å²) in [6, 6.07) is 0. The molecule has 0 fully saturated rings. The predicted molar refractivity (Wildman–Crippen MR) is 169 cm³/mol. The highest BCUT2D eigenvalue weighted by Crippen LogP contribution is 2.33. The number of aromatic nitrogens is 2. The highest BCUT2D eigenvalue weighted by molar-refractivity contribution is 6.01. The Morgan fingerprint density at radius 2 is 1.23 bits per heavy atom. The Kier molecular flexibility index (Phi) is 9.62. The minimum atomic E-state index is -0.920. The van der Waals surface area contributed by atoms with Crippen molar-refractivity contribution in [1.29, 1.82) is 0 Å². The zero-order chi connectivity index (χ0) is 32.3. The van der Waals surface area contributed by atoms with Gasteiger partial charge in [-0.05, 0) is 86.4 Å². The summed E-state index contributed by atoms with van der Waals surface area (Å²) in [6.07, 6.45) is 7.60. The lowest BCUT2D eigenvalue weighted by atomic mass is 9.98. The number of aliphatic carboxylic acids is 2. The summed E-state index contributed by atoms with van der Waals surface area (Å²) in [5, 5.41) is 24.8. The lowest BCUT2D eigenvalue weighted by Crippen LogP contribution is -2.15. The van der Waals surface area contributed by atoms with E-state index in [9.17, 15) is 29.4 Å².